The van der Waals surface area contributed by atoms with Gasteiger partial charge < -0.3 is 9.32 Å². The minimum atomic E-state index is -0.473. The molecule has 6 heteroatoms. The third-order valence-corrected chi connectivity index (χ3v) is 3.16. The predicted octanol–water partition coefficient (Wildman–Crippen LogP) is 0.642. The maximum atomic E-state index is 11.9. The Kier molecular flexibility index (Phi) is 3.66. The van der Waals surface area contributed by atoms with Crippen molar-refractivity contribution in [2.45, 2.75) is 26.3 Å². The van der Waals surface area contributed by atoms with Crippen molar-refractivity contribution in [2.75, 3.05) is 6.54 Å². The third kappa shape index (κ3) is 2.53. The van der Waals surface area contributed by atoms with E-state index in [1.807, 2.05) is 12.3 Å². The van der Waals surface area contributed by atoms with E-state index in [-0.39, 0.29) is 17.6 Å². The summed E-state index contributed by atoms with van der Waals surface area (Å²) in [5.41, 5.74) is 2.00. The summed E-state index contributed by atoms with van der Waals surface area (Å²) in [4.78, 5) is 24.9. The number of hydrogen-bond acceptors (Lipinski definition) is 4. The minimum Gasteiger partial charge on any atom is -0.454 e. The molecule has 0 aromatic carbocycles. The molecule has 1 aromatic heterocycles. The van der Waals surface area contributed by atoms with Crippen molar-refractivity contribution in [3.05, 3.63) is 23.7 Å². The fraction of sp³-hybridized carbons (Fsp3) is 0.500. The highest BCUT2D eigenvalue weighted by atomic mass is 16.4. The van der Waals surface area contributed by atoms with Crippen molar-refractivity contribution in [3.8, 4) is 0 Å². The number of nitrogens with two attached hydrogens (primary N) is 1. The summed E-state index contributed by atoms with van der Waals surface area (Å²) in [6, 6.07) is 3.24. The van der Waals surface area contributed by atoms with Crippen LogP contribution in [-0.2, 0) is 11.3 Å². The lowest BCUT2D eigenvalue weighted by atomic mass is 9.99. The fourth-order valence-corrected chi connectivity index (χ4v) is 2.13. The van der Waals surface area contributed by atoms with E-state index in [1.54, 1.807) is 17.0 Å². The van der Waals surface area contributed by atoms with E-state index in [9.17, 15) is 9.59 Å². The van der Waals surface area contributed by atoms with Gasteiger partial charge in [0.25, 0.3) is 0 Å². The highest BCUT2D eigenvalue weighted by Gasteiger charge is 2.25. The molecule has 0 spiro atoms. The number of rotatable bonds is 3. The number of hydrazine groups is 1. The van der Waals surface area contributed by atoms with Gasteiger partial charge in [-0.05, 0) is 25.0 Å². The molecule has 0 radical (unpaired) electrons. The fourth-order valence-electron chi connectivity index (χ4n) is 2.13. The van der Waals surface area contributed by atoms with E-state index in [0.29, 0.717) is 12.3 Å². The first-order chi connectivity index (χ1) is 8.61. The van der Waals surface area contributed by atoms with Gasteiger partial charge in [-0.2, -0.15) is 0 Å². The van der Waals surface area contributed by atoms with Crippen molar-refractivity contribution < 1.29 is 14.0 Å². The summed E-state index contributed by atoms with van der Waals surface area (Å²) in [6.45, 7) is 3.08. The highest BCUT2D eigenvalue weighted by Crippen LogP contribution is 2.20. The number of hydrogen-bond donors (Lipinski definition) is 2. The lowest BCUT2D eigenvalue weighted by Gasteiger charge is -2.29. The molecular weight excluding hydrogens is 234 g/mol. The standard InChI is InChI=1S/C12H17N3O3/c1-8-3-2-6-15(12(8)17)7-9-4-5-10(18-9)11(16)14-13/h4-5,8H,2-3,6-7,13H2,1H3,(H,14,16). The second-order valence-corrected chi connectivity index (χ2v) is 4.54. The number of likely N-dealkylation sites (tertiary alicyclic amines) is 1. The Morgan fingerprint density at radius 2 is 2.39 bits per heavy atom. The van der Waals surface area contributed by atoms with E-state index >= 15 is 0 Å². The van der Waals surface area contributed by atoms with Gasteiger partial charge in [0.05, 0.1) is 6.54 Å². The van der Waals surface area contributed by atoms with Crippen LogP contribution in [0.2, 0.25) is 0 Å². The molecule has 3 N–H and O–H groups in total. The Labute approximate surface area is 105 Å². The zero-order chi connectivity index (χ0) is 13.1. The van der Waals surface area contributed by atoms with Crippen molar-refractivity contribution in [2.24, 2.45) is 11.8 Å². The predicted molar refractivity (Wildman–Crippen MR) is 64.2 cm³/mol. The number of carbonyl (C=O) groups excluding carboxylic acids is 2. The Balaban J connectivity index is 2.03. The Hall–Kier alpha value is -1.82. The zero-order valence-corrected chi connectivity index (χ0v) is 10.3. The Bertz CT molecular complexity index is 455. The second-order valence-electron chi connectivity index (χ2n) is 4.54. The van der Waals surface area contributed by atoms with Crippen LogP contribution in [0.1, 0.15) is 36.1 Å². The van der Waals surface area contributed by atoms with E-state index < -0.39 is 5.91 Å². The van der Waals surface area contributed by atoms with Crippen LogP contribution in [0, 0.1) is 5.92 Å². The lowest BCUT2D eigenvalue weighted by Crippen LogP contribution is -2.39. The maximum absolute atomic E-state index is 11.9. The van der Waals surface area contributed by atoms with E-state index in [4.69, 9.17) is 10.3 Å². The van der Waals surface area contributed by atoms with Crippen molar-refractivity contribution >= 4 is 11.8 Å². The van der Waals surface area contributed by atoms with Gasteiger partial charge in [0.1, 0.15) is 5.76 Å². The van der Waals surface area contributed by atoms with Crippen molar-refractivity contribution in [1.82, 2.24) is 10.3 Å². The van der Waals surface area contributed by atoms with Gasteiger partial charge >= 0.3 is 5.91 Å². The molecule has 1 fully saturated rings. The first-order valence-corrected chi connectivity index (χ1v) is 6.00. The molecule has 1 aliphatic rings. The van der Waals surface area contributed by atoms with Crippen LogP contribution >= 0.6 is 0 Å². The van der Waals surface area contributed by atoms with Gasteiger partial charge in [0.2, 0.25) is 5.91 Å². The molecule has 6 nitrogen and oxygen atoms in total. The first kappa shape index (κ1) is 12.6. The molecule has 0 aliphatic carbocycles. The number of furan rings is 1. The second kappa shape index (κ2) is 5.22. The molecule has 0 saturated carbocycles. The maximum Gasteiger partial charge on any atom is 0.300 e. The summed E-state index contributed by atoms with van der Waals surface area (Å²) < 4.78 is 5.34. The first-order valence-electron chi connectivity index (χ1n) is 6.00. The van der Waals surface area contributed by atoms with E-state index in [0.717, 1.165) is 19.4 Å². The van der Waals surface area contributed by atoms with E-state index in [1.165, 1.54) is 0 Å². The van der Waals surface area contributed by atoms with Gasteiger partial charge in [-0.25, -0.2) is 5.84 Å². The number of amides is 2. The van der Waals surface area contributed by atoms with Crippen LogP contribution in [0.15, 0.2) is 16.5 Å². The molecule has 2 heterocycles. The molecule has 1 unspecified atom stereocenters. The summed E-state index contributed by atoms with van der Waals surface area (Å²) in [5, 5.41) is 0. The number of nitrogens with one attached hydrogen (secondary N) is 1. The Morgan fingerprint density at radius 3 is 3.11 bits per heavy atom. The summed E-state index contributed by atoms with van der Waals surface area (Å²) in [6.07, 6.45) is 1.94. The van der Waals surface area contributed by atoms with Gasteiger partial charge in [-0.3, -0.25) is 15.0 Å². The molecule has 1 saturated heterocycles. The van der Waals surface area contributed by atoms with Crippen LogP contribution in [-0.4, -0.2) is 23.3 Å². The SMILES string of the molecule is CC1CCCN(Cc2ccc(C(=O)NN)o2)C1=O. The highest BCUT2D eigenvalue weighted by molar-refractivity contribution is 5.90. The summed E-state index contributed by atoms with van der Waals surface area (Å²) in [7, 11) is 0. The monoisotopic (exact) mass is 251 g/mol. The molecule has 2 amide bonds. The number of nitrogen functional groups attached to an aromatic ring is 1. The van der Waals surface area contributed by atoms with Crippen LogP contribution in [0.5, 0.6) is 0 Å². The molecule has 98 valence electrons. The van der Waals surface area contributed by atoms with Crippen LogP contribution in [0.3, 0.4) is 0 Å². The molecular formula is C12H17N3O3. The van der Waals surface area contributed by atoms with Crippen LogP contribution in [0.25, 0.3) is 0 Å². The van der Waals surface area contributed by atoms with Crippen molar-refractivity contribution in [1.29, 1.82) is 0 Å². The van der Waals surface area contributed by atoms with Gasteiger partial charge in [-0.15, -0.1) is 0 Å². The average Bonchev–Trinajstić information content (AvgIpc) is 2.82. The lowest BCUT2D eigenvalue weighted by molar-refractivity contribution is -0.138. The van der Waals surface area contributed by atoms with E-state index in [2.05, 4.69) is 0 Å². The Morgan fingerprint density at radius 1 is 1.61 bits per heavy atom. The van der Waals surface area contributed by atoms with Crippen molar-refractivity contribution in [3.63, 3.8) is 0 Å². The molecule has 0 bridgehead atoms. The van der Waals surface area contributed by atoms with Crippen LogP contribution in [0.4, 0.5) is 0 Å². The summed E-state index contributed by atoms with van der Waals surface area (Å²) >= 11 is 0. The van der Waals surface area contributed by atoms with Gasteiger partial charge in [0, 0.05) is 12.5 Å². The van der Waals surface area contributed by atoms with Gasteiger partial charge in [-0.1, -0.05) is 6.92 Å². The molecule has 1 aromatic rings. The third-order valence-electron chi connectivity index (χ3n) is 3.16. The molecule has 1 atom stereocenters. The quantitative estimate of drug-likeness (QED) is 0.469. The normalized spacial score (nSPS) is 20.0. The average molecular weight is 251 g/mol. The van der Waals surface area contributed by atoms with Gasteiger partial charge in [0.15, 0.2) is 5.76 Å². The number of piperidine rings is 1. The number of nitrogens with zero attached hydrogens (tertiary/aromatic N) is 1. The largest absolute Gasteiger partial charge is 0.454 e. The zero-order valence-electron chi connectivity index (χ0n) is 10.3. The molecule has 2 rings (SSSR count). The molecule has 18 heavy (non-hydrogen) atoms. The van der Waals surface area contributed by atoms with Crippen LogP contribution < -0.4 is 11.3 Å². The summed E-state index contributed by atoms with van der Waals surface area (Å²) in [5.74, 6) is 5.50. The minimum absolute atomic E-state index is 0.0699. The smallest absolute Gasteiger partial charge is 0.300 e. The molecule has 1 aliphatic heterocycles. The number of carbonyl (C=O) groups is 2. The topological polar surface area (TPSA) is 88.6 Å².